The molecule has 0 spiro atoms. The van der Waals surface area contributed by atoms with Gasteiger partial charge in [-0.15, -0.1) is 0 Å². The molecule has 3 nitrogen and oxygen atoms in total. The van der Waals surface area contributed by atoms with Gasteiger partial charge in [-0.1, -0.05) is 32.4 Å². The number of piperidine rings is 1. The highest BCUT2D eigenvalue weighted by molar-refractivity contribution is 5.77. The lowest BCUT2D eigenvalue weighted by molar-refractivity contribution is -0.164. The molecule has 0 aromatic carbocycles. The summed E-state index contributed by atoms with van der Waals surface area (Å²) in [5.74, 6) is 3.43. The van der Waals surface area contributed by atoms with E-state index in [9.17, 15) is 4.79 Å². The van der Waals surface area contributed by atoms with E-state index in [2.05, 4.69) is 52.6 Å². The average molecular weight is 388 g/mol. The summed E-state index contributed by atoms with van der Waals surface area (Å²) in [4.78, 5) is 14.5. The van der Waals surface area contributed by atoms with Crippen LogP contribution >= 0.6 is 0 Å². The number of rotatable bonds is 3. The molecule has 1 amide bonds. The molecule has 1 saturated heterocycles. The highest BCUT2D eigenvalue weighted by Crippen LogP contribution is 2.66. The third-order valence-corrected chi connectivity index (χ3v) is 9.48. The standard InChI is InChI=1S/C25H41NO2/c1-16(2)9-12-28-18-14-20-23-17(3)13-21-25(5,11-8-22(27)26(21)6)19(23)7-10-24(20,4)15-18/h9,17-21,23H,7-8,10-15H2,1-6H3/t17?,18-,19-,20-,21+,23?,24+,25+/m0/s1. The van der Waals surface area contributed by atoms with E-state index in [1.54, 1.807) is 0 Å². The molecule has 4 rings (SSSR count). The lowest BCUT2D eigenvalue weighted by Gasteiger charge is -2.63. The maximum Gasteiger partial charge on any atom is 0.222 e. The molecule has 1 aliphatic heterocycles. The van der Waals surface area contributed by atoms with Crippen LogP contribution in [0.4, 0.5) is 0 Å². The number of carbonyl (C=O) groups is 1. The van der Waals surface area contributed by atoms with E-state index >= 15 is 0 Å². The highest BCUT2D eigenvalue weighted by Gasteiger charge is 2.62. The molecule has 4 aliphatic rings. The molecule has 2 unspecified atom stereocenters. The van der Waals surface area contributed by atoms with E-state index in [4.69, 9.17) is 4.74 Å². The summed E-state index contributed by atoms with van der Waals surface area (Å²) >= 11 is 0. The smallest absolute Gasteiger partial charge is 0.222 e. The van der Waals surface area contributed by atoms with Crippen molar-refractivity contribution in [1.29, 1.82) is 0 Å². The quantitative estimate of drug-likeness (QED) is 0.603. The molecular formula is C25H41NO2. The van der Waals surface area contributed by atoms with Gasteiger partial charge in [0.2, 0.25) is 5.91 Å². The van der Waals surface area contributed by atoms with Gasteiger partial charge in [-0.05, 0) is 86.9 Å². The van der Waals surface area contributed by atoms with Crippen molar-refractivity contribution in [2.24, 2.45) is 34.5 Å². The van der Waals surface area contributed by atoms with Crippen LogP contribution in [0, 0.1) is 34.5 Å². The van der Waals surface area contributed by atoms with Gasteiger partial charge in [-0.25, -0.2) is 0 Å². The third-order valence-electron chi connectivity index (χ3n) is 9.48. The van der Waals surface area contributed by atoms with Crippen LogP contribution in [0.25, 0.3) is 0 Å². The number of carbonyl (C=O) groups excluding carboxylic acids is 1. The molecule has 0 aromatic rings. The maximum absolute atomic E-state index is 12.4. The number of fused-ring (bicyclic) bond motifs is 5. The topological polar surface area (TPSA) is 29.5 Å². The van der Waals surface area contributed by atoms with Crippen LogP contribution in [-0.2, 0) is 9.53 Å². The van der Waals surface area contributed by atoms with Gasteiger partial charge in [0, 0.05) is 19.5 Å². The van der Waals surface area contributed by atoms with Gasteiger partial charge in [0.25, 0.3) is 0 Å². The van der Waals surface area contributed by atoms with Gasteiger partial charge in [0.15, 0.2) is 0 Å². The van der Waals surface area contributed by atoms with Crippen LogP contribution in [0.5, 0.6) is 0 Å². The van der Waals surface area contributed by atoms with Crippen LogP contribution < -0.4 is 0 Å². The maximum atomic E-state index is 12.4. The van der Waals surface area contributed by atoms with Crippen LogP contribution in [-0.4, -0.2) is 36.6 Å². The van der Waals surface area contributed by atoms with Crippen molar-refractivity contribution in [2.75, 3.05) is 13.7 Å². The Morgan fingerprint density at radius 3 is 2.68 bits per heavy atom. The number of ether oxygens (including phenoxy) is 1. The Hall–Kier alpha value is -0.830. The predicted octanol–water partition coefficient (Wildman–Crippen LogP) is 5.45. The molecule has 8 atom stereocenters. The largest absolute Gasteiger partial charge is 0.374 e. The number of likely N-dealkylation sites (tertiary alicyclic amines) is 1. The first kappa shape index (κ1) is 20.4. The molecule has 3 aliphatic carbocycles. The fraction of sp³-hybridized carbons (Fsp3) is 0.880. The Morgan fingerprint density at radius 1 is 1.21 bits per heavy atom. The van der Waals surface area contributed by atoms with Gasteiger partial charge < -0.3 is 9.64 Å². The molecule has 0 radical (unpaired) electrons. The Morgan fingerprint density at radius 2 is 1.96 bits per heavy atom. The van der Waals surface area contributed by atoms with E-state index < -0.39 is 0 Å². The van der Waals surface area contributed by atoms with E-state index in [0.717, 1.165) is 37.2 Å². The summed E-state index contributed by atoms with van der Waals surface area (Å²) in [7, 11) is 2.06. The minimum atomic E-state index is 0.308. The summed E-state index contributed by atoms with van der Waals surface area (Å²) in [6.07, 6.45) is 10.9. The van der Waals surface area contributed by atoms with Crippen molar-refractivity contribution in [3.05, 3.63) is 11.6 Å². The van der Waals surface area contributed by atoms with Crippen molar-refractivity contribution < 1.29 is 9.53 Å². The molecule has 0 N–H and O–H groups in total. The summed E-state index contributed by atoms with van der Waals surface area (Å²) in [5.41, 5.74) is 2.10. The molecule has 4 fully saturated rings. The lowest BCUT2D eigenvalue weighted by atomic mass is 9.45. The van der Waals surface area contributed by atoms with Crippen molar-refractivity contribution >= 4 is 5.91 Å². The Kier molecular flexibility index (Phi) is 5.22. The Bertz CT molecular complexity index is 653. The molecule has 28 heavy (non-hydrogen) atoms. The van der Waals surface area contributed by atoms with Crippen molar-refractivity contribution in [3.8, 4) is 0 Å². The van der Waals surface area contributed by atoms with Crippen LogP contribution in [0.15, 0.2) is 11.6 Å². The van der Waals surface area contributed by atoms with Crippen LogP contribution in [0.2, 0.25) is 0 Å². The zero-order valence-electron chi connectivity index (χ0n) is 19.0. The minimum absolute atomic E-state index is 0.308. The number of hydrogen-bond acceptors (Lipinski definition) is 2. The second-order valence-corrected chi connectivity index (χ2v) is 11.4. The molecule has 0 bridgehead atoms. The van der Waals surface area contributed by atoms with E-state index in [1.165, 1.54) is 37.7 Å². The third kappa shape index (κ3) is 3.16. The van der Waals surface area contributed by atoms with Gasteiger partial charge in [0.05, 0.1) is 12.7 Å². The first-order chi connectivity index (χ1) is 13.2. The SMILES string of the molecule is CC(C)=CCO[C@H]1C[C@H]2C3C(C)C[C@H]4N(C)C(=O)CC[C@]4(C)[C@H]3CC[C@]2(C)C1. The molecular weight excluding hydrogens is 346 g/mol. The number of amides is 1. The number of nitrogens with zero attached hydrogens (tertiary/aromatic N) is 1. The molecule has 1 heterocycles. The summed E-state index contributed by atoms with van der Waals surface area (Å²) in [6.45, 7) is 12.6. The van der Waals surface area contributed by atoms with E-state index in [1.807, 2.05) is 0 Å². The normalized spacial score (nSPS) is 47.9. The van der Waals surface area contributed by atoms with Gasteiger partial charge in [-0.2, -0.15) is 0 Å². The van der Waals surface area contributed by atoms with Crippen LogP contribution in [0.1, 0.15) is 79.6 Å². The molecule has 3 saturated carbocycles. The summed E-state index contributed by atoms with van der Waals surface area (Å²) in [6, 6.07) is 0.445. The van der Waals surface area contributed by atoms with Crippen molar-refractivity contribution in [2.45, 2.75) is 91.7 Å². The summed E-state index contributed by atoms with van der Waals surface area (Å²) in [5, 5.41) is 0. The molecule has 158 valence electrons. The Balaban J connectivity index is 1.55. The first-order valence-corrected chi connectivity index (χ1v) is 11.7. The van der Waals surface area contributed by atoms with E-state index in [0.29, 0.717) is 34.8 Å². The second-order valence-electron chi connectivity index (χ2n) is 11.4. The zero-order valence-corrected chi connectivity index (χ0v) is 19.0. The highest BCUT2D eigenvalue weighted by atomic mass is 16.5. The zero-order chi connectivity index (χ0) is 20.3. The number of hydrogen-bond donors (Lipinski definition) is 0. The minimum Gasteiger partial charge on any atom is -0.374 e. The van der Waals surface area contributed by atoms with Crippen molar-refractivity contribution in [3.63, 3.8) is 0 Å². The Labute approximate surface area is 172 Å². The van der Waals surface area contributed by atoms with Gasteiger partial charge in [0.1, 0.15) is 0 Å². The number of allylic oxidation sites excluding steroid dienone is 1. The van der Waals surface area contributed by atoms with E-state index in [-0.39, 0.29) is 0 Å². The fourth-order valence-corrected chi connectivity index (χ4v) is 7.93. The molecule has 0 aromatic heterocycles. The molecule has 3 heteroatoms. The van der Waals surface area contributed by atoms with Crippen LogP contribution in [0.3, 0.4) is 0 Å². The monoisotopic (exact) mass is 387 g/mol. The lowest BCUT2D eigenvalue weighted by Crippen LogP contribution is -2.62. The fourth-order valence-electron chi connectivity index (χ4n) is 7.93. The average Bonchev–Trinajstić information content (AvgIpc) is 2.96. The second kappa shape index (κ2) is 7.15. The first-order valence-electron chi connectivity index (χ1n) is 11.7. The predicted molar refractivity (Wildman–Crippen MR) is 114 cm³/mol. The van der Waals surface area contributed by atoms with Gasteiger partial charge >= 0.3 is 0 Å². The summed E-state index contributed by atoms with van der Waals surface area (Å²) < 4.78 is 6.32. The van der Waals surface area contributed by atoms with Gasteiger partial charge in [-0.3, -0.25) is 4.79 Å². The van der Waals surface area contributed by atoms with Crippen molar-refractivity contribution in [1.82, 2.24) is 4.90 Å².